The molecule has 3 rings (SSSR count). The number of hydrogen-bond acceptors (Lipinski definition) is 6. The van der Waals surface area contributed by atoms with E-state index in [1.165, 1.54) is 12.8 Å². The summed E-state index contributed by atoms with van der Waals surface area (Å²) in [6.07, 6.45) is 6.34. The van der Waals surface area contributed by atoms with E-state index < -0.39 is 5.54 Å². The molecule has 7 nitrogen and oxygen atoms in total. The summed E-state index contributed by atoms with van der Waals surface area (Å²) in [6.45, 7) is 5.27. The third-order valence-corrected chi connectivity index (χ3v) is 4.81. The monoisotopic (exact) mass is 357 g/mol. The Morgan fingerprint density at radius 1 is 1.21 bits per heavy atom. The number of halogens is 1. The lowest BCUT2D eigenvalue weighted by molar-refractivity contribution is -0.136. The standard InChI is InChI=1S/C16H27N5O2.ClH/c1-16(2,17)14-19-20-15(23-14)18-12-7-9-21(10-8-12)13(22)11-5-3-4-6-11;/h11-12H,3-10,17H2,1-2H3,(H,18,20);1H. The minimum atomic E-state index is -0.635. The molecule has 1 saturated carbocycles. The molecule has 8 heteroatoms. The lowest BCUT2D eigenvalue weighted by atomic mass is 10.0. The smallest absolute Gasteiger partial charge is 0.315 e. The third kappa shape index (κ3) is 4.39. The Morgan fingerprint density at radius 3 is 2.38 bits per heavy atom. The third-order valence-electron chi connectivity index (χ3n) is 4.81. The van der Waals surface area contributed by atoms with Crippen molar-refractivity contribution in [1.29, 1.82) is 0 Å². The molecule has 24 heavy (non-hydrogen) atoms. The van der Waals surface area contributed by atoms with Crippen LogP contribution < -0.4 is 11.1 Å². The molecule has 2 aliphatic rings. The summed E-state index contributed by atoms with van der Waals surface area (Å²) >= 11 is 0. The normalized spacial score (nSPS) is 20.0. The van der Waals surface area contributed by atoms with Crippen molar-refractivity contribution in [1.82, 2.24) is 15.1 Å². The predicted octanol–water partition coefficient (Wildman–Crippen LogP) is 2.28. The van der Waals surface area contributed by atoms with Crippen LogP contribution in [0.5, 0.6) is 0 Å². The molecule has 1 aromatic heterocycles. The van der Waals surface area contributed by atoms with E-state index in [0.717, 1.165) is 38.8 Å². The van der Waals surface area contributed by atoms with Crippen LogP contribution in [0.2, 0.25) is 0 Å². The highest BCUT2D eigenvalue weighted by Gasteiger charge is 2.30. The summed E-state index contributed by atoms with van der Waals surface area (Å²) in [6, 6.07) is 0.677. The Morgan fingerprint density at radius 2 is 1.83 bits per heavy atom. The van der Waals surface area contributed by atoms with E-state index in [9.17, 15) is 4.79 Å². The average Bonchev–Trinajstić information content (AvgIpc) is 3.18. The quantitative estimate of drug-likeness (QED) is 0.857. The SMILES string of the molecule is CC(C)(N)c1nnc(NC2CCN(C(=O)C3CCCC3)CC2)o1.Cl. The van der Waals surface area contributed by atoms with Crippen molar-refractivity contribution < 1.29 is 9.21 Å². The van der Waals surface area contributed by atoms with Crippen molar-refractivity contribution in [3.8, 4) is 0 Å². The van der Waals surface area contributed by atoms with Crippen LogP contribution in [0.4, 0.5) is 6.01 Å². The zero-order valence-corrected chi connectivity index (χ0v) is 15.3. The number of nitrogens with two attached hydrogens (primary N) is 1. The van der Waals surface area contributed by atoms with E-state index in [1.807, 2.05) is 18.7 Å². The maximum Gasteiger partial charge on any atom is 0.315 e. The highest BCUT2D eigenvalue weighted by molar-refractivity contribution is 5.85. The van der Waals surface area contributed by atoms with Gasteiger partial charge < -0.3 is 20.4 Å². The van der Waals surface area contributed by atoms with Gasteiger partial charge in [-0.05, 0) is 39.5 Å². The molecule has 0 aromatic carbocycles. The fraction of sp³-hybridized carbons (Fsp3) is 0.812. The van der Waals surface area contributed by atoms with Gasteiger partial charge in [-0.25, -0.2) is 0 Å². The highest BCUT2D eigenvalue weighted by atomic mass is 35.5. The number of likely N-dealkylation sites (tertiary alicyclic amines) is 1. The summed E-state index contributed by atoms with van der Waals surface area (Å²) < 4.78 is 5.57. The maximum atomic E-state index is 12.4. The fourth-order valence-electron chi connectivity index (χ4n) is 3.39. The van der Waals surface area contributed by atoms with Crippen LogP contribution in [0, 0.1) is 5.92 Å². The molecule has 0 spiro atoms. The summed E-state index contributed by atoms with van der Waals surface area (Å²) in [5, 5.41) is 11.3. The van der Waals surface area contributed by atoms with Gasteiger partial charge in [-0.15, -0.1) is 17.5 Å². The molecule has 1 amide bonds. The average molecular weight is 358 g/mol. The summed E-state index contributed by atoms with van der Waals surface area (Å²) in [5.41, 5.74) is 5.31. The van der Waals surface area contributed by atoms with E-state index in [2.05, 4.69) is 15.5 Å². The van der Waals surface area contributed by atoms with Crippen molar-refractivity contribution in [3.05, 3.63) is 5.89 Å². The maximum absolute atomic E-state index is 12.4. The topological polar surface area (TPSA) is 97.3 Å². The van der Waals surface area contributed by atoms with Crippen molar-refractivity contribution in [2.24, 2.45) is 11.7 Å². The van der Waals surface area contributed by atoms with Gasteiger partial charge in [-0.2, -0.15) is 0 Å². The zero-order chi connectivity index (χ0) is 16.4. The Bertz CT molecular complexity index is 543. The number of carbonyl (C=O) groups excluding carboxylic acids is 1. The van der Waals surface area contributed by atoms with Gasteiger partial charge in [0.15, 0.2) is 0 Å². The fourth-order valence-corrected chi connectivity index (χ4v) is 3.39. The van der Waals surface area contributed by atoms with Gasteiger partial charge in [-0.1, -0.05) is 17.9 Å². The van der Waals surface area contributed by atoms with E-state index in [0.29, 0.717) is 17.8 Å². The van der Waals surface area contributed by atoms with Crippen LogP contribution in [-0.4, -0.2) is 40.1 Å². The number of amides is 1. The molecule has 1 aromatic rings. The van der Waals surface area contributed by atoms with Crippen LogP contribution in [0.15, 0.2) is 4.42 Å². The molecule has 1 aliphatic carbocycles. The molecular weight excluding hydrogens is 330 g/mol. The second kappa shape index (κ2) is 7.70. The molecule has 0 atom stereocenters. The van der Waals surface area contributed by atoms with Gasteiger partial charge in [0, 0.05) is 25.0 Å². The second-order valence-corrected chi connectivity index (χ2v) is 7.36. The molecule has 3 N–H and O–H groups in total. The minimum Gasteiger partial charge on any atom is -0.406 e. The van der Waals surface area contributed by atoms with Crippen molar-refractivity contribution >= 4 is 24.3 Å². The van der Waals surface area contributed by atoms with Crippen molar-refractivity contribution in [3.63, 3.8) is 0 Å². The van der Waals surface area contributed by atoms with Gasteiger partial charge in [0.2, 0.25) is 11.8 Å². The van der Waals surface area contributed by atoms with Crippen LogP contribution in [-0.2, 0) is 10.3 Å². The molecule has 0 unspecified atom stereocenters. The van der Waals surface area contributed by atoms with Crippen molar-refractivity contribution in [2.45, 2.75) is 64.0 Å². The first kappa shape index (κ1) is 19.0. The van der Waals surface area contributed by atoms with Crippen LogP contribution >= 0.6 is 12.4 Å². The molecule has 0 bridgehead atoms. The minimum absolute atomic E-state index is 0. The van der Waals surface area contributed by atoms with Crippen LogP contribution in [0.3, 0.4) is 0 Å². The number of rotatable bonds is 4. The Hall–Kier alpha value is -1.34. The number of anilines is 1. The first-order valence-corrected chi connectivity index (χ1v) is 8.61. The molecular formula is C16H28ClN5O2. The first-order chi connectivity index (χ1) is 10.9. The first-order valence-electron chi connectivity index (χ1n) is 8.61. The number of hydrogen-bond donors (Lipinski definition) is 2. The molecule has 136 valence electrons. The number of carbonyl (C=O) groups is 1. The largest absolute Gasteiger partial charge is 0.406 e. The van der Waals surface area contributed by atoms with Gasteiger partial charge >= 0.3 is 6.01 Å². The molecule has 2 heterocycles. The van der Waals surface area contributed by atoms with Gasteiger partial charge in [0.05, 0.1) is 5.54 Å². The van der Waals surface area contributed by atoms with Gasteiger partial charge in [0.1, 0.15) is 0 Å². The number of nitrogens with one attached hydrogen (secondary N) is 1. The van der Waals surface area contributed by atoms with E-state index in [4.69, 9.17) is 10.2 Å². The molecule has 1 aliphatic heterocycles. The zero-order valence-electron chi connectivity index (χ0n) is 14.5. The number of aromatic nitrogens is 2. The lowest BCUT2D eigenvalue weighted by Gasteiger charge is -2.33. The number of piperidine rings is 1. The lowest BCUT2D eigenvalue weighted by Crippen LogP contribution is -2.44. The Kier molecular flexibility index (Phi) is 6.09. The number of nitrogens with zero attached hydrogens (tertiary/aromatic N) is 3. The Labute approximate surface area is 149 Å². The van der Waals surface area contributed by atoms with Crippen LogP contribution in [0.25, 0.3) is 0 Å². The van der Waals surface area contributed by atoms with E-state index >= 15 is 0 Å². The van der Waals surface area contributed by atoms with Crippen molar-refractivity contribution in [2.75, 3.05) is 18.4 Å². The van der Waals surface area contributed by atoms with Gasteiger partial charge in [0.25, 0.3) is 0 Å². The summed E-state index contributed by atoms with van der Waals surface area (Å²) in [5.74, 6) is 1.05. The molecule has 0 radical (unpaired) electrons. The molecule has 1 saturated heterocycles. The second-order valence-electron chi connectivity index (χ2n) is 7.36. The van der Waals surface area contributed by atoms with Crippen LogP contribution in [0.1, 0.15) is 58.3 Å². The molecule has 2 fully saturated rings. The van der Waals surface area contributed by atoms with E-state index in [1.54, 1.807) is 0 Å². The highest BCUT2D eigenvalue weighted by Crippen LogP contribution is 2.28. The predicted molar refractivity (Wildman–Crippen MR) is 93.9 cm³/mol. The van der Waals surface area contributed by atoms with Gasteiger partial charge in [-0.3, -0.25) is 4.79 Å². The summed E-state index contributed by atoms with van der Waals surface area (Å²) in [7, 11) is 0. The van der Waals surface area contributed by atoms with E-state index in [-0.39, 0.29) is 24.4 Å². The Balaban J connectivity index is 0.00000208. The summed E-state index contributed by atoms with van der Waals surface area (Å²) in [4.78, 5) is 14.5.